The quantitative estimate of drug-likeness (QED) is 0.128. The van der Waals surface area contributed by atoms with E-state index in [0.29, 0.717) is 40.1 Å². The lowest BCUT2D eigenvalue weighted by atomic mass is 9.97. The number of hydrogen-bond donors (Lipinski definition) is 3. The Morgan fingerprint density at radius 3 is 2.09 bits per heavy atom. The molecule has 0 fully saturated rings. The summed E-state index contributed by atoms with van der Waals surface area (Å²) in [5.41, 5.74) is 5.37. The fourth-order valence-corrected chi connectivity index (χ4v) is 5.42. The van der Waals surface area contributed by atoms with Gasteiger partial charge in [0.2, 0.25) is 0 Å². The summed E-state index contributed by atoms with van der Waals surface area (Å²) in [4.78, 5) is 36.5. The molecule has 1 atom stereocenters. The van der Waals surface area contributed by atoms with Gasteiger partial charge in [0.05, 0.1) is 6.04 Å². The molecule has 0 saturated heterocycles. The Balaban J connectivity index is 1.23. The Hall–Kier alpha value is -5.21. The van der Waals surface area contributed by atoms with Crippen molar-refractivity contribution in [3.63, 3.8) is 0 Å². The number of carbonyl (C=O) groups excluding carboxylic acids is 2. The van der Waals surface area contributed by atoms with Crippen molar-refractivity contribution < 1.29 is 24.2 Å². The number of aliphatic carboxylic acids is 1. The SMILES string of the molecule is O=C(O)C(=O)N[C@H](Cc1ccc(C(=O)NCCc2ccc(-c3ccccc3)cc2)cc1Br)c1cccc(Oc2ccccc2)c1. The first-order valence-electron chi connectivity index (χ1n) is 14.4. The van der Waals surface area contributed by atoms with Crippen LogP contribution in [0.3, 0.4) is 0 Å². The van der Waals surface area contributed by atoms with Crippen LogP contribution in [0.15, 0.2) is 132 Å². The molecule has 0 aliphatic rings. The molecule has 0 aliphatic carbocycles. The lowest BCUT2D eigenvalue weighted by molar-refractivity contribution is -0.150. The molecule has 5 aromatic carbocycles. The number of nitrogens with one attached hydrogen (secondary N) is 2. The van der Waals surface area contributed by atoms with E-state index in [1.54, 1.807) is 42.5 Å². The number of halogens is 1. The second-order valence-electron chi connectivity index (χ2n) is 10.4. The van der Waals surface area contributed by atoms with E-state index in [1.165, 1.54) is 0 Å². The van der Waals surface area contributed by atoms with Gasteiger partial charge in [0, 0.05) is 16.6 Å². The number of carboxylic acid groups (broad SMARTS) is 1. The Morgan fingerprint density at radius 1 is 0.733 bits per heavy atom. The third kappa shape index (κ3) is 8.68. The first-order chi connectivity index (χ1) is 21.9. The van der Waals surface area contributed by atoms with E-state index in [9.17, 15) is 19.5 Å². The number of para-hydroxylation sites is 1. The molecule has 8 heteroatoms. The topological polar surface area (TPSA) is 105 Å². The van der Waals surface area contributed by atoms with Gasteiger partial charge in [0.15, 0.2) is 0 Å². The predicted octanol–water partition coefficient (Wildman–Crippen LogP) is 7.37. The summed E-state index contributed by atoms with van der Waals surface area (Å²) in [5, 5.41) is 14.8. The number of carboxylic acids is 1. The smallest absolute Gasteiger partial charge is 0.394 e. The van der Waals surface area contributed by atoms with Gasteiger partial charge in [-0.05, 0) is 77.1 Å². The molecule has 0 aliphatic heterocycles. The Labute approximate surface area is 270 Å². The average molecular weight is 664 g/mol. The molecule has 0 aromatic heterocycles. The van der Waals surface area contributed by atoms with Gasteiger partial charge in [0.25, 0.3) is 5.91 Å². The van der Waals surface area contributed by atoms with Crippen LogP contribution < -0.4 is 15.4 Å². The maximum Gasteiger partial charge on any atom is 0.394 e. The van der Waals surface area contributed by atoms with Crippen LogP contribution in [0.4, 0.5) is 0 Å². The standard InChI is InChI=1S/C37H31BrN2O5/c38-33-23-30(35(41)39-21-20-25-14-16-27(17-15-25)26-8-3-1-4-9-26)19-18-28(33)24-34(40-36(42)37(43)44)29-10-7-13-32(22-29)45-31-11-5-2-6-12-31/h1-19,22-23,34H,20-21,24H2,(H,39,41)(H,40,42)(H,43,44)/t34-/m1/s1. The normalized spacial score (nSPS) is 11.3. The number of hydrogen-bond acceptors (Lipinski definition) is 4. The van der Waals surface area contributed by atoms with Gasteiger partial charge < -0.3 is 20.5 Å². The first kappa shape index (κ1) is 31.2. The van der Waals surface area contributed by atoms with Gasteiger partial charge in [0.1, 0.15) is 11.5 Å². The van der Waals surface area contributed by atoms with E-state index in [0.717, 1.165) is 22.3 Å². The van der Waals surface area contributed by atoms with Crippen LogP contribution in [0.5, 0.6) is 11.5 Å². The zero-order chi connectivity index (χ0) is 31.6. The molecule has 0 spiro atoms. The number of benzene rings is 5. The Morgan fingerprint density at radius 2 is 1.40 bits per heavy atom. The summed E-state index contributed by atoms with van der Waals surface area (Å²) in [5.74, 6) is -1.69. The molecule has 5 rings (SSSR count). The zero-order valence-corrected chi connectivity index (χ0v) is 25.9. The highest BCUT2D eigenvalue weighted by Gasteiger charge is 2.21. The minimum atomic E-state index is -1.57. The number of ether oxygens (including phenoxy) is 1. The lowest BCUT2D eigenvalue weighted by Gasteiger charge is -2.20. The van der Waals surface area contributed by atoms with Crippen molar-refractivity contribution in [2.24, 2.45) is 0 Å². The molecule has 0 unspecified atom stereocenters. The maximum atomic E-state index is 12.9. The van der Waals surface area contributed by atoms with E-state index >= 15 is 0 Å². The molecule has 0 bridgehead atoms. The molecular weight excluding hydrogens is 632 g/mol. The van der Waals surface area contributed by atoms with Gasteiger partial charge >= 0.3 is 11.9 Å². The van der Waals surface area contributed by atoms with Gasteiger partial charge in [-0.15, -0.1) is 0 Å². The number of carbonyl (C=O) groups is 3. The molecule has 45 heavy (non-hydrogen) atoms. The minimum Gasteiger partial charge on any atom is -0.474 e. The molecule has 3 N–H and O–H groups in total. The van der Waals surface area contributed by atoms with Crippen molar-refractivity contribution >= 4 is 33.7 Å². The number of rotatable bonds is 11. The van der Waals surface area contributed by atoms with Crippen molar-refractivity contribution in [2.45, 2.75) is 18.9 Å². The highest BCUT2D eigenvalue weighted by atomic mass is 79.9. The third-order valence-electron chi connectivity index (χ3n) is 7.24. The summed E-state index contributed by atoms with van der Waals surface area (Å²) in [7, 11) is 0. The molecular formula is C37H31BrN2O5. The van der Waals surface area contributed by atoms with E-state index in [4.69, 9.17) is 4.74 Å². The summed E-state index contributed by atoms with van der Waals surface area (Å²) >= 11 is 3.57. The van der Waals surface area contributed by atoms with Gasteiger partial charge in [-0.2, -0.15) is 0 Å². The van der Waals surface area contributed by atoms with Gasteiger partial charge in [-0.1, -0.05) is 107 Å². The van der Waals surface area contributed by atoms with E-state index in [2.05, 4.69) is 63.0 Å². The Bertz CT molecular complexity index is 1780. The molecule has 0 heterocycles. The van der Waals surface area contributed by atoms with Crippen LogP contribution in [0, 0.1) is 0 Å². The predicted molar refractivity (Wildman–Crippen MR) is 177 cm³/mol. The van der Waals surface area contributed by atoms with Crippen LogP contribution in [0.1, 0.15) is 33.1 Å². The molecule has 0 saturated carbocycles. The van der Waals surface area contributed by atoms with E-state index in [1.807, 2.05) is 48.5 Å². The van der Waals surface area contributed by atoms with Crippen molar-refractivity contribution in [2.75, 3.05) is 6.54 Å². The van der Waals surface area contributed by atoms with Crippen LogP contribution >= 0.6 is 15.9 Å². The fraction of sp³-hybridized carbons (Fsp3) is 0.108. The van der Waals surface area contributed by atoms with Gasteiger partial charge in [-0.25, -0.2) is 4.79 Å². The molecule has 2 amide bonds. The van der Waals surface area contributed by atoms with Crippen LogP contribution in [-0.4, -0.2) is 29.4 Å². The zero-order valence-electron chi connectivity index (χ0n) is 24.3. The van der Waals surface area contributed by atoms with Crippen molar-refractivity contribution in [3.05, 3.63) is 154 Å². The van der Waals surface area contributed by atoms with Crippen molar-refractivity contribution in [1.29, 1.82) is 0 Å². The number of amides is 2. The average Bonchev–Trinajstić information content (AvgIpc) is 3.06. The molecule has 226 valence electrons. The van der Waals surface area contributed by atoms with Crippen LogP contribution in [-0.2, 0) is 22.4 Å². The van der Waals surface area contributed by atoms with Gasteiger partial charge in [-0.3, -0.25) is 9.59 Å². The van der Waals surface area contributed by atoms with Crippen LogP contribution in [0.25, 0.3) is 11.1 Å². The third-order valence-corrected chi connectivity index (χ3v) is 7.98. The Kier molecular flexibility index (Phi) is 10.4. The van der Waals surface area contributed by atoms with Crippen molar-refractivity contribution in [1.82, 2.24) is 10.6 Å². The van der Waals surface area contributed by atoms with E-state index < -0.39 is 17.9 Å². The summed E-state index contributed by atoms with van der Waals surface area (Å²) in [6.07, 6.45) is 0.966. The molecule has 0 radical (unpaired) electrons. The molecule has 7 nitrogen and oxygen atoms in total. The van der Waals surface area contributed by atoms with Crippen molar-refractivity contribution in [3.8, 4) is 22.6 Å². The first-order valence-corrected chi connectivity index (χ1v) is 15.2. The monoisotopic (exact) mass is 662 g/mol. The largest absolute Gasteiger partial charge is 0.474 e. The summed E-state index contributed by atoms with van der Waals surface area (Å²) in [6.45, 7) is 0.480. The highest BCUT2D eigenvalue weighted by molar-refractivity contribution is 9.10. The maximum absolute atomic E-state index is 12.9. The summed E-state index contributed by atoms with van der Waals surface area (Å²) in [6, 6.07) is 39.5. The van der Waals surface area contributed by atoms with Crippen LogP contribution in [0.2, 0.25) is 0 Å². The second kappa shape index (κ2) is 15.0. The molecule has 5 aromatic rings. The summed E-state index contributed by atoms with van der Waals surface area (Å²) < 4.78 is 6.60. The fourth-order valence-electron chi connectivity index (χ4n) is 4.88. The van der Waals surface area contributed by atoms with E-state index in [-0.39, 0.29) is 12.3 Å². The highest BCUT2D eigenvalue weighted by Crippen LogP contribution is 2.29. The minimum absolute atomic E-state index is 0.204. The lowest BCUT2D eigenvalue weighted by Crippen LogP contribution is -2.35. The second-order valence-corrected chi connectivity index (χ2v) is 11.3.